The van der Waals surface area contributed by atoms with Crippen LogP contribution in [0.3, 0.4) is 0 Å². The molecule has 2 rings (SSSR count). The minimum absolute atomic E-state index is 0.0193. The summed E-state index contributed by atoms with van der Waals surface area (Å²) in [6, 6.07) is 4.98. The number of nitrogens with zero attached hydrogens (tertiary/aromatic N) is 3. The van der Waals surface area contributed by atoms with Gasteiger partial charge in [0.2, 0.25) is 15.9 Å². The number of carbonyl (C=O) groups is 1. The van der Waals surface area contributed by atoms with Crippen molar-refractivity contribution in [1.29, 1.82) is 0 Å². The molecule has 1 N–H and O–H groups in total. The van der Waals surface area contributed by atoms with E-state index in [4.69, 9.17) is 4.74 Å². The summed E-state index contributed by atoms with van der Waals surface area (Å²) in [7, 11) is -0.504. The van der Waals surface area contributed by atoms with E-state index in [-0.39, 0.29) is 10.8 Å². The predicted molar refractivity (Wildman–Crippen MR) is 118 cm³/mol. The number of sulfonamides is 1. The lowest BCUT2D eigenvalue weighted by Gasteiger charge is -2.11. The maximum absolute atomic E-state index is 12.4. The molecule has 0 radical (unpaired) electrons. The summed E-state index contributed by atoms with van der Waals surface area (Å²) in [6.45, 7) is 6.86. The molecule has 0 spiro atoms. The van der Waals surface area contributed by atoms with E-state index >= 15 is 0 Å². The minimum Gasteiger partial charge on any atom is -0.381 e. The maximum Gasteiger partial charge on any atom is 0.242 e. The van der Waals surface area contributed by atoms with Crippen molar-refractivity contribution in [3.8, 4) is 0 Å². The third-order valence-corrected chi connectivity index (χ3v) is 6.71. The van der Waals surface area contributed by atoms with Crippen LogP contribution in [0.4, 0.5) is 0 Å². The largest absolute Gasteiger partial charge is 0.381 e. The van der Waals surface area contributed by atoms with Crippen LogP contribution in [-0.2, 0) is 32.5 Å². The number of hydrogen-bond donors (Lipinski definition) is 1. The van der Waals surface area contributed by atoms with E-state index in [0.717, 1.165) is 37.2 Å². The summed E-state index contributed by atoms with van der Waals surface area (Å²) in [5, 5.41) is 2.92. The molecule has 1 aromatic carbocycles. The van der Waals surface area contributed by atoms with Crippen molar-refractivity contribution >= 4 is 27.0 Å². The summed E-state index contributed by atoms with van der Waals surface area (Å²) in [4.78, 5) is 17.0. The van der Waals surface area contributed by atoms with Gasteiger partial charge in [0, 0.05) is 53.2 Å². The average molecular weight is 439 g/mol. The fourth-order valence-corrected chi connectivity index (χ4v) is 4.06. The van der Waals surface area contributed by atoms with E-state index < -0.39 is 10.0 Å². The monoisotopic (exact) mass is 438 g/mol. The Morgan fingerprint density at radius 3 is 2.60 bits per heavy atom. The fourth-order valence-electron chi connectivity index (χ4n) is 3.14. The van der Waals surface area contributed by atoms with E-state index in [2.05, 4.69) is 17.2 Å². The number of carbonyl (C=O) groups excluding carboxylic acids is 1. The van der Waals surface area contributed by atoms with Crippen molar-refractivity contribution in [3.63, 3.8) is 0 Å². The summed E-state index contributed by atoms with van der Waals surface area (Å²) in [5.41, 5.74) is 1.49. The molecule has 0 fully saturated rings. The van der Waals surface area contributed by atoms with Gasteiger partial charge in [-0.25, -0.2) is 17.7 Å². The van der Waals surface area contributed by atoms with Gasteiger partial charge in [0.15, 0.2) is 0 Å². The first-order valence-electron chi connectivity index (χ1n) is 10.6. The van der Waals surface area contributed by atoms with Crippen LogP contribution < -0.4 is 5.32 Å². The van der Waals surface area contributed by atoms with E-state index in [1.165, 1.54) is 18.4 Å². The van der Waals surface area contributed by atoms with Crippen molar-refractivity contribution in [2.24, 2.45) is 0 Å². The van der Waals surface area contributed by atoms with E-state index in [0.29, 0.717) is 38.1 Å². The van der Waals surface area contributed by atoms with Crippen LogP contribution in [0, 0.1) is 0 Å². The molecule has 1 amide bonds. The summed E-state index contributed by atoms with van der Waals surface area (Å²) >= 11 is 0. The Morgan fingerprint density at radius 2 is 1.93 bits per heavy atom. The van der Waals surface area contributed by atoms with Crippen LogP contribution in [0.15, 0.2) is 23.1 Å². The SMILES string of the molecule is CCCCOCCCNC(=O)CCc1nc2cc(S(=O)(=O)N(C)C)ccc2n1CC. The summed E-state index contributed by atoms with van der Waals surface area (Å²) in [5.74, 6) is 0.763. The van der Waals surface area contributed by atoms with Crippen molar-refractivity contribution < 1.29 is 17.9 Å². The highest BCUT2D eigenvalue weighted by Gasteiger charge is 2.19. The molecular weight excluding hydrogens is 404 g/mol. The van der Waals surface area contributed by atoms with Crippen LogP contribution >= 0.6 is 0 Å². The molecule has 2 aromatic rings. The number of nitrogens with one attached hydrogen (secondary N) is 1. The molecule has 0 aliphatic heterocycles. The Balaban J connectivity index is 1.96. The van der Waals surface area contributed by atoms with Crippen molar-refractivity contribution in [3.05, 3.63) is 24.0 Å². The van der Waals surface area contributed by atoms with Crippen LogP contribution in [-0.4, -0.2) is 62.0 Å². The van der Waals surface area contributed by atoms with Crippen molar-refractivity contribution in [2.45, 2.75) is 57.4 Å². The van der Waals surface area contributed by atoms with Gasteiger partial charge in [0.25, 0.3) is 0 Å². The number of hydrogen-bond acceptors (Lipinski definition) is 5. The van der Waals surface area contributed by atoms with Crippen LogP contribution in [0.25, 0.3) is 11.0 Å². The average Bonchev–Trinajstić information content (AvgIpc) is 3.08. The van der Waals surface area contributed by atoms with Gasteiger partial charge >= 0.3 is 0 Å². The minimum atomic E-state index is -3.52. The Kier molecular flexibility index (Phi) is 9.26. The maximum atomic E-state index is 12.4. The normalized spacial score (nSPS) is 12.0. The Morgan fingerprint density at radius 1 is 1.20 bits per heavy atom. The number of aromatic nitrogens is 2. The van der Waals surface area contributed by atoms with Crippen LogP contribution in [0.5, 0.6) is 0 Å². The van der Waals surface area contributed by atoms with Gasteiger partial charge < -0.3 is 14.6 Å². The second kappa shape index (κ2) is 11.4. The quantitative estimate of drug-likeness (QED) is 0.485. The van der Waals surface area contributed by atoms with Crippen LogP contribution in [0.1, 0.15) is 45.4 Å². The van der Waals surface area contributed by atoms with Gasteiger partial charge in [0.1, 0.15) is 5.82 Å². The predicted octanol–water partition coefficient (Wildman–Crippen LogP) is 2.56. The molecule has 0 saturated carbocycles. The molecule has 1 aromatic heterocycles. The summed E-state index contributed by atoms with van der Waals surface area (Å²) < 4.78 is 33.5. The molecule has 0 aliphatic rings. The first kappa shape index (κ1) is 24.3. The van der Waals surface area contributed by atoms with Gasteiger partial charge in [-0.3, -0.25) is 4.79 Å². The molecule has 0 unspecified atom stereocenters. The zero-order chi connectivity index (χ0) is 22.1. The highest BCUT2D eigenvalue weighted by molar-refractivity contribution is 7.89. The van der Waals surface area contributed by atoms with Crippen molar-refractivity contribution in [2.75, 3.05) is 33.9 Å². The molecule has 8 nitrogen and oxygen atoms in total. The van der Waals surface area contributed by atoms with Crippen LogP contribution in [0.2, 0.25) is 0 Å². The number of fused-ring (bicyclic) bond motifs is 1. The van der Waals surface area contributed by atoms with Gasteiger partial charge in [-0.1, -0.05) is 13.3 Å². The molecule has 0 atom stereocenters. The molecular formula is C21H34N4O4S. The molecule has 1 heterocycles. The molecule has 30 heavy (non-hydrogen) atoms. The molecule has 168 valence electrons. The van der Waals surface area contributed by atoms with E-state index in [1.807, 2.05) is 11.5 Å². The Bertz CT molecular complexity index is 938. The second-order valence-corrected chi connectivity index (χ2v) is 9.53. The van der Waals surface area contributed by atoms with E-state index in [9.17, 15) is 13.2 Å². The van der Waals surface area contributed by atoms with Gasteiger partial charge in [-0.05, 0) is 38.0 Å². The molecule has 9 heteroatoms. The molecule has 0 saturated heterocycles. The van der Waals surface area contributed by atoms with Gasteiger partial charge in [-0.2, -0.15) is 0 Å². The highest BCUT2D eigenvalue weighted by Crippen LogP contribution is 2.22. The number of aryl methyl sites for hydroxylation is 2. The second-order valence-electron chi connectivity index (χ2n) is 7.38. The lowest BCUT2D eigenvalue weighted by atomic mass is 10.2. The van der Waals surface area contributed by atoms with Gasteiger partial charge in [0.05, 0.1) is 15.9 Å². The lowest BCUT2D eigenvalue weighted by molar-refractivity contribution is -0.121. The third kappa shape index (κ3) is 6.26. The number of ether oxygens (including phenoxy) is 1. The molecule has 0 bridgehead atoms. The van der Waals surface area contributed by atoms with Crippen molar-refractivity contribution in [1.82, 2.24) is 19.2 Å². The topological polar surface area (TPSA) is 93.5 Å². The number of rotatable bonds is 13. The highest BCUT2D eigenvalue weighted by atomic mass is 32.2. The first-order valence-corrected chi connectivity index (χ1v) is 12.0. The standard InChI is InChI=1S/C21H34N4O4S/c1-5-7-14-29-15-8-13-22-21(26)12-11-20-23-18-16-17(30(27,28)24(3)4)9-10-19(18)25(20)6-2/h9-10,16H,5-8,11-15H2,1-4H3,(H,22,26). The zero-order valence-corrected chi connectivity index (χ0v) is 19.3. The first-order chi connectivity index (χ1) is 14.3. The number of unbranched alkanes of at least 4 members (excludes halogenated alkanes) is 1. The lowest BCUT2D eigenvalue weighted by Crippen LogP contribution is -2.25. The van der Waals surface area contributed by atoms with E-state index in [1.54, 1.807) is 18.2 Å². The number of imidazole rings is 1. The fraction of sp³-hybridized carbons (Fsp3) is 0.619. The number of amides is 1. The Hall–Kier alpha value is -1.97. The number of benzene rings is 1. The Labute approximate surface area is 179 Å². The summed E-state index contributed by atoms with van der Waals surface area (Å²) in [6.07, 6.45) is 3.81. The molecule has 0 aliphatic carbocycles. The zero-order valence-electron chi connectivity index (χ0n) is 18.5. The van der Waals surface area contributed by atoms with Gasteiger partial charge in [-0.15, -0.1) is 0 Å². The third-order valence-electron chi connectivity index (χ3n) is 4.90. The smallest absolute Gasteiger partial charge is 0.242 e.